The highest BCUT2D eigenvalue weighted by Crippen LogP contribution is 2.25. The van der Waals surface area contributed by atoms with E-state index in [4.69, 9.17) is 20.9 Å². The van der Waals surface area contributed by atoms with Gasteiger partial charge in [0.2, 0.25) is 0 Å². The van der Waals surface area contributed by atoms with Crippen LogP contribution in [0.4, 0.5) is 4.39 Å². The molecule has 8 heteroatoms. The van der Waals surface area contributed by atoms with Gasteiger partial charge >= 0.3 is 0 Å². The summed E-state index contributed by atoms with van der Waals surface area (Å²) in [5.74, 6) is -0.00540. The smallest absolute Gasteiger partial charge is 0.276 e. The molecular weight excluding hydrogens is 367 g/mol. The van der Waals surface area contributed by atoms with Crippen molar-refractivity contribution < 1.29 is 18.4 Å². The van der Waals surface area contributed by atoms with Crippen LogP contribution in [0.5, 0.6) is 5.75 Å². The molecule has 3 rings (SSSR count). The Kier molecular flexibility index (Phi) is 5.35. The highest BCUT2D eigenvalue weighted by atomic mass is 35.5. The van der Waals surface area contributed by atoms with Crippen LogP contribution < -0.4 is 4.74 Å². The van der Waals surface area contributed by atoms with Gasteiger partial charge in [-0.3, -0.25) is 4.79 Å². The van der Waals surface area contributed by atoms with Gasteiger partial charge in [0.15, 0.2) is 11.5 Å². The second-order valence-corrected chi connectivity index (χ2v) is 6.52. The van der Waals surface area contributed by atoms with Gasteiger partial charge in [0.05, 0.1) is 5.02 Å². The van der Waals surface area contributed by atoms with E-state index in [-0.39, 0.29) is 23.2 Å². The van der Waals surface area contributed by atoms with E-state index < -0.39 is 5.82 Å². The van der Waals surface area contributed by atoms with Crippen molar-refractivity contribution in [3.63, 3.8) is 0 Å². The normalized spacial score (nSPS) is 10.7. The van der Waals surface area contributed by atoms with Crippen LogP contribution in [-0.4, -0.2) is 23.0 Å². The van der Waals surface area contributed by atoms with Crippen molar-refractivity contribution in [3.05, 3.63) is 68.9 Å². The molecular formula is C17H14ClFN2O3S. The number of hydrogen-bond acceptors (Lipinski definition) is 5. The number of amides is 1. The third kappa shape index (κ3) is 4.37. The summed E-state index contributed by atoms with van der Waals surface area (Å²) in [5, 5.41) is 7.88. The van der Waals surface area contributed by atoms with Crippen molar-refractivity contribution in [3.8, 4) is 5.75 Å². The molecule has 2 heterocycles. The lowest BCUT2D eigenvalue weighted by molar-refractivity contribution is 0.0774. The minimum absolute atomic E-state index is 0.0277. The molecule has 0 unspecified atom stereocenters. The average molecular weight is 381 g/mol. The molecule has 0 saturated carbocycles. The standard InChI is InChI=1S/C17H14ClFN2O3S/c1-21(8-11-4-5-25-10-11)17(22)15-7-13(24-20-15)9-23-16-3-2-12(19)6-14(16)18/h2-7,10H,8-9H2,1H3. The van der Waals surface area contributed by atoms with E-state index in [1.807, 2.05) is 16.8 Å². The number of carbonyl (C=O) groups excluding carboxylic acids is 1. The summed E-state index contributed by atoms with van der Waals surface area (Å²) in [6.45, 7) is 0.520. The number of thiophene rings is 1. The van der Waals surface area contributed by atoms with Gasteiger partial charge in [0, 0.05) is 19.7 Å². The molecule has 1 aromatic carbocycles. The van der Waals surface area contributed by atoms with Crippen molar-refractivity contribution in [2.24, 2.45) is 0 Å². The predicted octanol–water partition coefficient (Wildman–Crippen LogP) is 4.38. The maximum Gasteiger partial charge on any atom is 0.276 e. The van der Waals surface area contributed by atoms with Gasteiger partial charge in [-0.2, -0.15) is 11.3 Å². The molecule has 0 saturated heterocycles. The molecule has 0 aliphatic carbocycles. The summed E-state index contributed by atoms with van der Waals surface area (Å²) in [6, 6.07) is 7.31. The van der Waals surface area contributed by atoms with Crippen molar-refractivity contribution in [1.82, 2.24) is 10.1 Å². The summed E-state index contributed by atoms with van der Waals surface area (Å²) in [6.07, 6.45) is 0. The first kappa shape index (κ1) is 17.4. The Hall–Kier alpha value is -2.38. The van der Waals surface area contributed by atoms with E-state index in [0.29, 0.717) is 18.1 Å². The Morgan fingerprint density at radius 1 is 1.40 bits per heavy atom. The lowest BCUT2D eigenvalue weighted by Crippen LogP contribution is -2.26. The number of carbonyl (C=O) groups is 1. The molecule has 0 aliphatic rings. The highest BCUT2D eigenvalue weighted by molar-refractivity contribution is 7.07. The minimum Gasteiger partial charge on any atom is -0.484 e. The third-order valence-corrected chi connectivity index (χ3v) is 4.42. The highest BCUT2D eigenvalue weighted by Gasteiger charge is 2.18. The molecule has 0 spiro atoms. The molecule has 0 radical (unpaired) electrons. The SMILES string of the molecule is CN(Cc1ccsc1)C(=O)c1cc(COc2ccc(F)cc2Cl)on1. The van der Waals surface area contributed by atoms with Crippen molar-refractivity contribution in [1.29, 1.82) is 0 Å². The van der Waals surface area contributed by atoms with Crippen molar-refractivity contribution in [2.75, 3.05) is 7.05 Å². The zero-order valence-electron chi connectivity index (χ0n) is 13.2. The minimum atomic E-state index is -0.446. The number of rotatable bonds is 6. The van der Waals surface area contributed by atoms with E-state index >= 15 is 0 Å². The van der Waals surface area contributed by atoms with Crippen LogP contribution in [0.1, 0.15) is 21.8 Å². The fourth-order valence-corrected chi connectivity index (χ4v) is 3.03. The van der Waals surface area contributed by atoms with Crippen LogP contribution in [0.3, 0.4) is 0 Å². The number of ether oxygens (including phenoxy) is 1. The van der Waals surface area contributed by atoms with Crippen LogP contribution in [0.15, 0.2) is 45.6 Å². The summed E-state index contributed by atoms with van der Waals surface area (Å²) < 4.78 is 23.6. The Morgan fingerprint density at radius 3 is 2.96 bits per heavy atom. The van der Waals surface area contributed by atoms with E-state index in [1.54, 1.807) is 23.3 Å². The van der Waals surface area contributed by atoms with Crippen molar-refractivity contribution in [2.45, 2.75) is 13.2 Å². The Balaban J connectivity index is 1.60. The van der Waals surface area contributed by atoms with E-state index in [2.05, 4.69) is 5.16 Å². The fourth-order valence-electron chi connectivity index (χ4n) is 2.15. The van der Waals surface area contributed by atoms with Crippen LogP contribution in [-0.2, 0) is 13.2 Å². The fraction of sp³-hybridized carbons (Fsp3) is 0.176. The number of nitrogens with zero attached hydrogens (tertiary/aromatic N) is 2. The molecule has 130 valence electrons. The lowest BCUT2D eigenvalue weighted by atomic mass is 10.3. The molecule has 0 atom stereocenters. The van der Waals surface area contributed by atoms with Gasteiger partial charge in [-0.15, -0.1) is 0 Å². The summed E-state index contributed by atoms with van der Waals surface area (Å²) >= 11 is 7.47. The maximum absolute atomic E-state index is 13.0. The first-order valence-electron chi connectivity index (χ1n) is 7.33. The second-order valence-electron chi connectivity index (χ2n) is 5.33. The number of aromatic nitrogens is 1. The number of halogens is 2. The molecule has 0 N–H and O–H groups in total. The van der Waals surface area contributed by atoms with Gasteiger partial charge in [-0.05, 0) is 40.6 Å². The summed E-state index contributed by atoms with van der Waals surface area (Å²) in [5.41, 5.74) is 1.25. The molecule has 1 amide bonds. The van der Waals surface area contributed by atoms with Crippen LogP contribution in [0.2, 0.25) is 5.02 Å². The summed E-state index contributed by atoms with van der Waals surface area (Å²) in [4.78, 5) is 13.9. The van der Waals surface area contributed by atoms with Crippen LogP contribution in [0.25, 0.3) is 0 Å². The van der Waals surface area contributed by atoms with Gasteiger partial charge in [0.25, 0.3) is 5.91 Å². The van der Waals surface area contributed by atoms with Crippen LogP contribution in [0, 0.1) is 5.82 Å². The zero-order chi connectivity index (χ0) is 17.8. The van der Waals surface area contributed by atoms with Gasteiger partial charge in [-0.25, -0.2) is 4.39 Å². The van der Waals surface area contributed by atoms with E-state index in [9.17, 15) is 9.18 Å². The van der Waals surface area contributed by atoms with Gasteiger partial charge in [0.1, 0.15) is 18.2 Å². The Morgan fingerprint density at radius 2 is 2.24 bits per heavy atom. The number of hydrogen-bond donors (Lipinski definition) is 0. The first-order chi connectivity index (χ1) is 12.0. The molecule has 0 bridgehead atoms. The van der Waals surface area contributed by atoms with E-state index in [1.165, 1.54) is 18.2 Å². The van der Waals surface area contributed by atoms with E-state index in [0.717, 1.165) is 11.6 Å². The van der Waals surface area contributed by atoms with Crippen LogP contribution >= 0.6 is 22.9 Å². The monoisotopic (exact) mass is 380 g/mol. The lowest BCUT2D eigenvalue weighted by Gasteiger charge is -2.14. The predicted molar refractivity (Wildman–Crippen MR) is 92.4 cm³/mol. The quantitative estimate of drug-likeness (QED) is 0.636. The zero-order valence-corrected chi connectivity index (χ0v) is 14.8. The summed E-state index contributed by atoms with van der Waals surface area (Å²) in [7, 11) is 1.70. The second kappa shape index (κ2) is 7.67. The first-order valence-corrected chi connectivity index (χ1v) is 8.65. The number of benzene rings is 1. The van der Waals surface area contributed by atoms with Gasteiger partial charge in [-0.1, -0.05) is 16.8 Å². The largest absolute Gasteiger partial charge is 0.484 e. The molecule has 0 aliphatic heterocycles. The molecule has 0 fully saturated rings. The third-order valence-electron chi connectivity index (χ3n) is 3.39. The van der Waals surface area contributed by atoms with Crippen molar-refractivity contribution >= 4 is 28.8 Å². The Bertz CT molecular complexity index is 867. The van der Waals surface area contributed by atoms with Gasteiger partial charge < -0.3 is 14.2 Å². The average Bonchev–Trinajstić information content (AvgIpc) is 3.25. The Labute approximate surface area is 152 Å². The maximum atomic E-state index is 13.0. The molecule has 25 heavy (non-hydrogen) atoms. The molecule has 5 nitrogen and oxygen atoms in total. The topological polar surface area (TPSA) is 55.6 Å². The molecule has 3 aromatic rings. The molecule has 2 aromatic heterocycles.